The first-order valence-corrected chi connectivity index (χ1v) is 3.29. The summed E-state index contributed by atoms with van der Waals surface area (Å²) in [5.41, 5.74) is 0. The highest BCUT2D eigenvalue weighted by Gasteiger charge is 2.22. The van der Waals surface area contributed by atoms with Crippen LogP contribution in [0.2, 0.25) is 0 Å². The number of carbonyl (C=O) groups is 1. The van der Waals surface area contributed by atoms with Crippen molar-refractivity contribution in [3.63, 3.8) is 0 Å². The lowest BCUT2D eigenvalue weighted by atomic mass is 10.8. The van der Waals surface area contributed by atoms with Gasteiger partial charge in [-0.1, -0.05) is 0 Å². The zero-order valence-corrected chi connectivity index (χ0v) is 4.57. The largest absolute Gasteiger partial charge is 0.481 e. The number of hydrogen-bond acceptors (Lipinski definition) is 2. The fourth-order valence-electron chi connectivity index (χ4n) is 0.157. The molecule has 0 aromatic heterocycles. The highest BCUT2D eigenvalue weighted by Crippen LogP contribution is 2.48. The van der Waals surface area contributed by atoms with Gasteiger partial charge in [-0.2, -0.15) is 8.39 Å². The molecule has 0 aliphatic rings. The van der Waals surface area contributed by atoms with E-state index in [0.717, 1.165) is 0 Å². The second-order valence-electron chi connectivity index (χ2n) is 1.12. The molecule has 0 atom stereocenters. The number of rotatable bonds is 2. The Morgan fingerprint density at radius 2 is 2.00 bits per heavy atom. The minimum Gasteiger partial charge on any atom is -0.481 e. The SMILES string of the molecule is O=C(O)CP(=O)(F)F. The summed E-state index contributed by atoms with van der Waals surface area (Å²) < 4.78 is 31.6. The van der Waals surface area contributed by atoms with E-state index in [2.05, 4.69) is 0 Å². The fraction of sp³-hybridized carbons (Fsp3) is 0.500. The Kier molecular flexibility index (Phi) is 2.10. The Balaban J connectivity index is 3.74. The summed E-state index contributed by atoms with van der Waals surface area (Å²) in [7, 11) is -5.32. The maximum atomic E-state index is 11.1. The Labute approximate surface area is 43.9 Å². The third kappa shape index (κ3) is 5.56. The van der Waals surface area contributed by atoms with Gasteiger partial charge in [-0.05, 0) is 0 Å². The summed E-state index contributed by atoms with van der Waals surface area (Å²) in [6, 6.07) is 0. The van der Waals surface area contributed by atoms with Crippen LogP contribution in [0.1, 0.15) is 0 Å². The minimum absolute atomic E-state index is 1.53. The quantitative estimate of drug-likeness (QED) is 0.592. The van der Waals surface area contributed by atoms with Crippen molar-refractivity contribution in [1.29, 1.82) is 0 Å². The molecule has 0 aromatic carbocycles. The van der Waals surface area contributed by atoms with Crippen LogP contribution < -0.4 is 0 Å². The zero-order chi connectivity index (χ0) is 6.78. The van der Waals surface area contributed by atoms with E-state index in [1.165, 1.54) is 0 Å². The van der Waals surface area contributed by atoms with Crippen LogP contribution in [0, 0.1) is 0 Å². The van der Waals surface area contributed by atoms with E-state index in [0.29, 0.717) is 0 Å². The number of halogens is 2. The van der Waals surface area contributed by atoms with Crippen molar-refractivity contribution in [3.05, 3.63) is 0 Å². The molecule has 8 heavy (non-hydrogen) atoms. The molecule has 0 heterocycles. The van der Waals surface area contributed by atoms with Crippen molar-refractivity contribution in [2.75, 3.05) is 6.16 Å². The fourth-order valence-corrected chi connectivity index (χ4v) is 0.472. The van der Waals surface area contributed by atoms with E-state index in [4.69, 9.17) is 5.11 Å². The van der Waals surface area contributed by atoms with Gasteiger partial charge < -0.3 is 5.11 Å². The van der Waals surface area contributed by atoms with Gasteiger partial charge in [0.2, 0.25) is 0 Å². The molecule has 48 valence electrons. The molecule has 0 amide bonds. The lowest BCUT2D eigenvalue weighted by Crippen LogP contribution is -1.98. The Morgan fingerprint density at radius 3 is 2.00 bits per heavy atom. The Bertz CT molecular complexity index is 138. The van der Waals surface area contributed by atoms with Gasteiger partial charge in [0.05, 0.1) is 0 Å². The zero-order valence-electron chi connectivity index (χ0n) is 3.67. The first-order chi connectivity index (χ1) is 3.42. The van der Waals surface area contributed by atoms with E-state index in [1.54, 1.807) is 0 Å². The maximum absolute atomic E-state index is 11.1. The van der Waals surface area contributed by atoms with Crippen LogP contribution in [-0.4, -0.2) is 17.2 Å². The molecule has 0 saturated carbocycles. The third-order valence-electron chi connectivity index (χ3n) is 0.319. The van der Waals surface area contributed by atoms with Crippen LogP contribution in [0.5, 0.6) is 0 Å². The van der Waals surface area contributed by atoms with Gasteiger partial charge in [-0.3, -0.25) is 4.79 Å². The molecule has 1 N–H and O–H groups in total. The lowest BCUT2D eigenvalue weighted by molar-refractivity contribution is -0.134. The van der Waals surface area contributed by atoms with E-state index in [9.17, 15) is 17.8 Å². The highest BCUT2D eigenvalue weighted by atomic mass is 31.2. The van der Waals surface area contributed by atoms with Gasteiger partial charge in [0.1, 0.15) is 0 Å². The summed E-state index contributed by atoms with van der Waals surface area (Å²) in [5.74, 6) is -1.74. The summed E-state index contributed by atoms with van der Waals surface area (Å²) in [6.45, 7) is 0. The van der Waals surface area contributed by atoms with E-state index in [1.807, 2.05) is 0 Å². The average Bonchev–Trinajstić information content (AvgIpc) is 1.21. The molecule has 6 heteroatoms. The molecule has 0 aliphatic carbocycles. The summed E-state index contributed by atoms with van der Waals surface area (Å²) >= 11 is 0. The molecule has 0 bridgehead atoms. The van der Waals surface area contributed by atoms with Crippen molar-refractivity contribution in [3.8, 4) is 0 Å². The highest BCUT2D eigenvalue weighted by molar-refractivity contribution is 7.53. The van der Waals surface area contributed by atoms with Gasteiger partial charge in [-0.15, -0.1) is 0 Å². The predicted octanol–water partition coefficient (Wildman–Crippen LogP) is 1.20. The molecule has 0 aliphatic heterocycles. The third-order valence-corrected chi connectivity index (χ3v) is 0.958. The summed E-state index contributed by atoms with van der Waals surface area (Å²) in [6.07, 6.45) is -1.53. The normalized spacial score (nSPS) is 11.2. The van der Waals surface area contributed by atoms with Gasteiger partial charge >= 0.3 is 13.7 Å². The molecule has 0 spiro atoms. The maximum Gasteiger partial charge on any atom is 0.413 e. The smallest absolute Gasteiger partial charge is 0.413 e. The standard InChI is InChI=1S/C2H3F2O3P/c3-8(4,7)1-2(5)6/h1H2,(H,5,6). The first kappa shape index (κ1) is 7.56. The molecule has 0 rings (SSSR count). The van der Waals surface area contributed by atoms with E-state index in [-0.39, 0.29) is 0 Å². The number of hydrogen-bond donors (Lipinski definition) is 1. The molecule has 0 unspecified atom stereocenters. The molecule has 0 radical (unpaired) electrons. The van der Waals surface area contributed by atoms with E-state index >= 15 is 0 Å². The monoisotopic (exact) mass is 144 g/mol. The second kappa shape index (κ2) is 2.22. The van der Waals surface area contributed by atoms with E-state index < -0.39 is 19.9 Å². The van der Waals surface area contributed by atoms with Gasteiger partial charge in [-0.25, -0.2) is 4.57 Å². The Morgan fingerprint density at radius 1 is 1.62 bits per heavy atom. The Hall–Kier alpha value is -0.440. The van der Waals surface area contributed by atoms with Crippen molar-refractivity contribution < 1.29 is 22.9 Å². The lowest BCUT2D eigenvalue weighted by Gasteiger charge is -1.88. The number of carboxylic acids is 1. The molecule has 0 saturated heterocycles. The van der Waals surface area contributed by atoms with Gasteiger partial charge in [0, 0.05) is 0 Å². The molecular weight excluding hydrogens is 141 g/mol. The van der Waals surface area contributed by atoms with Gasteiger partial charge in [0.25, 0.3) is 0 Å². The summed E-state index contributed by atoms with van der Waals surface area (Å²) in [4.78, 5) is 9.36. The molecule has 3 nitrogen and oxygen atoms in total. The van der Waals surface area contributed by atoms with Gasteiger partial charge in [0.15, 0.2) is 6.16 Å². The van der Waals surface area contributed by atoms with Crippen molar-refractivity contribution in [2.24, 2.45) is 0 Å². The van der Waals surface area contributed by atoms with Crippen molar-refractivity contribution in [2.45, 2.75) is 0 Å². The number of carboxylic acid groups (broad SMARTS) is 1. The average molecular weight is 144 g/mol. The molecule has 0 aromatic rings. The molecule has 0 fully saturated rings. The minimum atomic E-state index is -5.32. The second-order valence-corrected chi connectivity index (χ2v) is 2.58. The number of aliphatic carboxylic acids is 1. The van der Waals surface area contributed by atoms with Crippen LogP contribution in [0.25, 0.3) is 0 Å². The van der Waals surface area contributed by atoms with Crippen molar-refractivity contribution >= 4 is 13.7 Å². The molecular formula is C2H3F2O3P. The van der Waals surface area contributed by atoms with Crippen LogP contribution in [0.4, 0.5) is 8.39 Å². The van der Waals surface area contributed by atoms with Crippen LogP contribution in [0.3, 0.4) is 0 Å². The predicted molar refractivity (Wildman–Crippen MR) is 22.3 cm³/mol. The van der Waals surface area contributed by atoms with Crippen LogP contribution in [0.15, 0.2) is 0 Å². The van der Waals surface area contributed by atoms with Crippen LogP contribution >= 0.6 is 7.76 Å². The summed E-state index contributed by atoms with van der Waals surface area (Å²) in [5, 5.41) is 7.60. The first-order valence-electron chi connectivity index (χ1n) is 1.62. The van der Waals surface area contributed by atoms with Crippen LogP contribution in [-0.2, 0) is 9.36 Å². The topological polar surface area (TPSA) is 54.4 Å². The van der Waals surface area contributed by atoms with Crippen molar-refractivity contribution in [1.82, 2.24) is 0 Å².